The molecule has 0 aliphatic carbocycles. The van der Waals surface area contributed by atoms with E-state index in [1.165, 1.54) is 0 Å². The van der Waals surface area contributed by atoms with Gasteiger partial charge in [-0.3, -0.25) is 9.59 Å². The van der Waals surface area contributed by atoms with Crippen LogP contribution in [0.1, 0.15) is 31.2 Å². The maximum absolute atomic E-state index is 12.8. The number of rotatable bonds is 3. The summed E-state index contributed by atoms with van der Waals surface area (Å²) < 4.78 is 0. The van der Waals surface area contributed by atoms with Crippen LogP contribution >= 0.6 is 0 Å². The van der Waals surface area contributed by atoms with E-state index in [-0.39, 0.29) is 23.8 Å². The Morgan fingerprint density at radius 3 is 2.70 bits per heavy atom. The average Bonchev–Trinajstić information content (AvgIpc) is 2.96. The molecule has 23 heavy (non-hydrogen) atoms. The highest BCUT2D eigenvalue weighted by Crippen LogP contribution is 2.28. The van der Waals surface area contributed by atoms with E-state index in [2.05, 4.69) is 0 Å². The lowest BCUT2D eigenvalue weighted by molar-refractivity contribution is -0.139. The highest BCUT2D eigenvalue weighted by Gasteiger charge is 2.39. The largest absolute Gasteiger partial charge is 0.338 e. The van der Waals surface area contributed by atoms with Gasteiger partial charge in [0.25, 0.3) is 0 Å². The van der Waals surface area contributed by atoms with Crippen molar-refractivity contribution < 1.29 is 9.59 Å². The van der Waals surface area contributed by atoms with Crippen molar-refractivity contribution in [1.82, 2.24) is 4.90 Å². The number of hydrogen-bond acceptors (Lipinski definition) is 3. The number of likely N-dealkylation sites (tertiary alicyclic amines) is 1. The van der Waals surface area contributed by atoms with Gasteiger partial charge in [0.15, 0.2) is 0 Å². The Bertz CT molecular complexity index is 584. The summed E-state index contributed by atoms with van der Waals surface area (Å²) in [5.41, 5.74) is 7.86. The first-order valence-corrected chi connectivity index (χ1v) is 8.47. The van der Waals surface area contributed by atoms with Crippen LogP contribution in [0.15, 0.2) is 24.3 Å². The molecule has 2 saturated heterocycles. The maximum Gasteiger partial charge on any atom is 0.228 e. The zero-order valence-electron chi connectivity index (χ0n) is 13.7. The lowest BCUT2D eigenvalue weighted by Crippen LogP contribution is -2.50. The van der Waals surface area contributed by atoms with Crippen molar-refractivity contribution in [2.75, 3.05) is 24.5 Å². The molecule has 1 aromatic rings. The smallest absolute Gasteiger partial charge is 0.228 e. The number of nitrogens with two attached hydrogens (primary N) is 1. The predicted octanol–water partition coefficient (Wildman–Crippen LogP) is 1.69. The molecule has 2 N–H and O–H groups in total. The quantitative estimate of drug-likeness (QED) is 0.923. The summed E-state index contributed by atoms with van der Waals surface area (Å²) in [5.74, 6) is -0.104. The summed E-state index contributed by atoms with van der Waals surface area (Å²) >= 11 is 0. The highest BCUT2D eigenvalue weighted by molar-refractivity contribution is 6.00. The first-order chi connectivity index (χ1) is 11.1. The molecule has 124 valence electrons. The SMILES string of the molecule is Cc1ccc(N2CC(C(=O)N3CCCCC3CN)CC2=O)cc1. The van der Waals surface area contributed by atoms with Gasteiger partial charge in [-0.1, -0.05) is 17.7 Å². The third kappa shape index (κ3) is 3.24. The van der Waals surface area contributed by atoms with Crippen molar-refractivity contribution in [2.24, 2.45) is 11.7 Å². The summed E-state index contributed by atoms with van der Waals surface area (Å²) in [6.07, 6.45) is 3.44. The summed E-state index contributed by atoms with van der Waals surface area (Å²) in [5, 5.41) is 0. The van der Waals surface area contributed by atoms with E-state index >= 15 is 0 Å². The maximum atomic E-state index is 12.8. The normalized spacial score (nSPS) is 25.0. The molecule has 2 fully saturated rings. The summed E-state index contributed by atoms with van der Waals surface area (Å²) in [4.78, 5) is 28.8. The van der Waals surface area contributed by atoms with Crippen molar-refractivity contribution in [3.8, 4) is 0 Å². The van der Waals surface area contributed by atoms with Crippen LogP contribution in [0.5, 0.6) is 0 Å². The van der Waals surface area contributed by atoms with Gasteiger partial charge >= 0.3 is 0 Å². The van der Waals surface area contributed by atoms with Crippen molar-refractivity contribution in [3.63, 3.8) is 0 Å². The fourth-order valence-corrected chi connectivity index (χ4v) is 3.62. The summed E-state index contributed by atoms with van der Waals surface area (Å²) in [6, 6.07) is 8.02. The van der Waals surface area contributed by atoms with E-state index < -0.39 is 0 Å². The summed E-state index contributed by atoms with van der Waals surface area (Å²) in [6.45, 7) is 3.78. The minimum absolute atomic E-state index is 0.0357. The number of aryl methyl sites for hydroxylation is 1. The average molecular weight is 315 g/mol. The molecule has 2 atom stereocenters. The van der Waals surface area contributed by atoms with Gasteiger partial charge in [-0.15, -0.1) is 0 Å². The van der Waals surface area contributed by atoms with Gasteiger partial charge in [-0.05, 0) is 38.3 Å². The topological polar surface area (TPSA) is 66.6 Å². The second-order valence-corrected chi connectivity index (χ2v) is 6.66. The van der Waals surface area contributed by atoms with Gasteiger partial charge in [0.2, 0.25) is 11.8 Å². The fourth-order valence-electron chi connectivity index (χ4n) is 3.62. The Balaban J connectivity index is 1.71. The second-order valence-electron chi connectivity index (χ2n) is 6.66. The number of hydrogen-bond donors (Lipinski definition) is 1. The van der Waals surface area contributed by atoms with E-state index in [4.69, 9.17) is 5.73 Å². The molecule has 2 amide bonds. The van der Waals surface area contributed by atoms with Crippen LogP contribution in [0, 0.1) is 12.8 Å². The third-order valence-corrected chi connectivity index (χ3v) is 5.00. The van der Waals surface area contributed by atoms with Gasteiger partial charge in [0.1, 0.15) is 0 Å². The van der Waals surface area contributed by atoms with Crippen LogP contribution in [-0.2, 0) is 9.59 Å². The lowest BCUT2D eigenvalue weighted by atomic mass is 9.98. The van der Waals surface area contributed by atoms with E-state index in [0.29, 0.717) is 19.5 Å². The molecule has 2 aliphatic rings. The Kier molecular flexibility index (Phi) is 4.66. The van der Waals surface area contributed by atoms with Gasteiger partial charge < -0.3 is 15.5 Å². The molecule has 5 heteroatoms. The summed E-state index contributed by atoms with van der Waals surface area (Å²) in [7, 11) is 0. The van der Waals surface area contributed by atoms with E-state index in [9.17, 15) is 9.59 Å². The van der Waals surface area contributed by atoms with E-state index in [1.807, 2.05) is 36.1 Å². The number of amides is 2. The number of anilines is 1. The first kappa shape index (κ1) is 16.0. The van der Waals surface area contributed by atoms with Crippen molar-refractivity contribution in [2.45, 2.75) is 38.6 Å². The van der Waals surface area contributed by atoms with Crippen molar-refractivity contribution >= 4 is 17.5 Å². The predicted molar refractivity (Wildman–Crippen MR) is 90.0 cm³/mol. The van der Waals surface area contributed by atoms with E-state index in [1.54, 1.807) is 4.90 Å². The highest BCUT2D eigenvalue weighted by atomic mass is 16.2. The molecule has 0 aromatic heterocycles. The number of benzene rings is 1. The molecule has 0 spiro atoms. The van der Waals surface area contributed by atoms with Crippen molar-refractivity contribution in [3.05, 3.63) is 29.8 Å². The molecular formula is C18H25N3O2. The Hall–Kier alpha value is -1.88. The molecule has 3 rings (SSSR count). The molecule has 2 aliphatic heterocycles. The minimum Gasteiger partial charge on any atom is -0.338 e. The lowest BCUT2D eigenvalue weighted by Gasteiger charge is -2.36. The second kappa shape index (κ2) is 6.71. The molecule has 0 radical (unpaired) electrons. The number of piperidine rings is 1. The van der Waals surface area contributed by atoms with Crippen molar-refractivity contribution in [1.29, 1.82) is 0 Å². The number of carbonyl (C=O) groups excluding carboxylic acids is 2. The molecule has 0 bridgehead atoms. The van der Waals surface area contributed by atoms with Crippen LogP contribution in [0.25, 0.3) is 0 Å². The zero-order valence-corrected chi connectivity index (χ0v) is 13.7. The van der Waals surface area contributed by atoms with Crippen LogP contribution in [0.3, 0.4) is 0 Å². The zero-order chi connectivity index (χ0) is 16.4. The number of carbonyl (C=O) groups is 2. The monoisotopic (exact) mass is 315 g/mol. The molecule has 0 saturated carbocycles. The van der Waals surface area contributed by atoms with Crippen LogP contribution in [0.4, 0.5) is 5.69 Å². The molecule has 2 unspecified atom stereocenters. The Labute approximate surface area is 137 Å². The van der Waals surface area contributed by atoms with Gasteiger partial charge in [-0.25, -0.2) is 0 Å². The van der Waals surface area contributed by atoms with Crippen LogP contribution in [-0.4, -0.2) is 42.4 Å². The molecule has 5 nitrogen and oxygen atoms in total. The number of nitrogens with zero attached hydrogens (tertiary/aromatic N) is 2. The fraction of sp³-hybridized carbons (Fsp3) is 0.556. The van der Waals surface area contributed by atoms with Crippen LogP contribution < -0.4 is 10.6 Å². The molecule has 1 aromatic carbocycles. The van der Waals surface area contributed by atoms with E-state index in [0.717, 1.165) is 37.1 Å². The minimum atomic E-state index is -0.240. The Morgan fingerprint density at radius 2 is 2.00 bits per heavy atom. The van der Waals surface area contributed by atoms with Gasteiger partial charge in [0, 0.05) is 37.8 Å². The first-order valence-electron chi connectivity index (χ1n) is 8.47. The van der Waals surface area contributed by atoms with Gasteiger partial charge in [-0.2, -0.15) is 0 Å². The third-order valence-electron chi connectivity index (χ3n) is 5.00. The molecule has 2 heterocycles. The van der Waals surface area contributed by atoms with Gasteiger partial charge in [0.05, 0.1) is 5.92 Å². The molecular weight excluding hydrogens is 290 g/mol. The Morgan fingerprint density at radius 1 is 1.26 bits per heavy atom. The van der Waals surface area contributed by atoms with Crippen LogP contribution in [0.2, 0.25) is 0 Å². The standard InChI is InChI=1S/C18H25N3O2/c1-13-5-7-15(8-6-13)21-12-14(10-17(21)22)18(23)20-9-3-2-4-16(20)11-19/h5-8,14,16H,2-4,9-12,19H2,1H3.